The minimum Gasteiger partial charge on any atom is -0.456 e. The third-order valence-corrected chi connectivity index (χ3v) is 7.34. The predicted octanol–water partition coefficient (Wildman–Crippen LogP) is 5.11. The van der Waals surface area contributed by atoms with Crippen LogP contribution in [0.1, 0.15) is 23.2 Å². The Bertz CT molecular complexity index is 1350. The number of primary amides is 1. The quantitative estimate of drug-likeness (QED) is 0.319. The average molecular weight is 585 g/mol. The molecular weight excluding hydrogens is 567 g/mol. The zero-order chi connectivity index (χ0) is 23.8. The molecule has 7 nitrogen and oxygen atoms in total. The number of benzene rings is 3. The van der Waals surface area contributed by atoms with Gasteiger partial charge in [0.25, 0.3) is 5.91 Å². The van der Waals surface area contributed by atoms with E-state index in [2.05, 4.69) is 10.0 Å². The highest BCUT2D eigenvalue weighted by atomic mass is 127. The van der Waals surface area contributed by atoms with Crippen LogP contribution in [0.5, 0.6) is 11.5 Å². The molecule has 1 saturated carbocycles. The van der Waals surface area contributed by atoms with Crippen molar-refractivity contribution in [3.63, 3.8) is 0 Å². The van der Waals surface area contributed by atoms with Crippen molar-refractivity contribution >= 4 is 55.6 Å². The Hall–Kier alpha value is -2.93. The SMILES string of the molecule is NC(=O)c1c(Nc2ccc(I)cc2F)cc(F)cc1Oc1cccc(NS(=O)(=O)C2CC2)c1. The average Bonchev–Trinajstić information content (AvgIpc) is 3.55. The van der Waals surface area contributed by atoms with Gasteiger partial charge in [-0.2, -0.15) is 0 Å². The van der Waals surface area contributed by atoms with Crippen LogP contribution in [0.3, 0.4) is 0 Å². The molecule has 33 heavy (non-hydrogen) atoms. The van der Waals surface area contributed by atoms with Crippen LogP contribution in [0, 0.1) is 15.2 Å². The summed E-state index contributed by atoms with van der Waals surface area (Å²) in [6.45, 7) is 0. The highest BCUT2D eigenvalue weighted by molar-refractivity contribution is 14.1. The minimum absolute atomic E-state index is 0.0194. The lowest BCUT2D eigenvalue weighted by molar-refractivity contribution is 0.0999. The van der Waals surface area contributed by atoms with Crippen molar-refractivity contribution in [1.29, 1.82) is 0 Å². The van der Waals surface area contributed by atoms with E-state index in [4.69, 9.17) is 10.5 Å². The fourth-order valence-electron chi connectivity index (χ4n) is 3.13. The minimum atomic E-state index is -3.49. The summed E-state index contributed by atoms with van der Waals surface area (Å²) in [5, 5.41) is 2.27. The molecule has 3 aromatic rings. The Morgan fingerprint density at radius 2 is 1.82 bits per heavy atom. The third-order valence-electron chi connectivity index (χ3n) is 4.80. The van der Waals surface area contributed by atoms with Crippen LogP contribution in [0.15, 0.2) is 54.6 Å². The number of amides is 1. The lowest BCUT2D eigenvalue weighted by Crippen LogP contribution is -2.17. The van der Waals surface area contributed by atoms with Crippen LogP contribution in [-0.2, 0) is 10.0 Å². The first-order valence-electron chi connectivity index (χ1n) is 9.77. The van der Waals surface area contributed by atoms with Gasteiger partial charge in [-0.1, -0.05) is 6.07 Å². The molecule has 0 bridgehead atoms. The first kappa shape index (κ1) is 23.2. The molecule has 0 unspecified atom stereocenters. The van der Waals surface area contributed by atoms with E-state index in [0.29, 0.717) is 16.4 Å². The molecular formula is C22H18F2IN3O4S. The smallest absolute Gasteiger partial charge is 0.254 e. The molecule has 1 fully saturated rings. The number of rotatable bonds is 8. The molecule has 4 N–H and O–H groups in total. The molecule has 11 heteroatoms. The first-order valence-corrected chi connectivity index (χ1v) is 12.4. The fraction of sp³-hybridized carbons (Fsp3) is 0.136. The van der Waals surface area contributed by atoms with Crippen molar-refractivity contribution in [2.24, 2.45) is 5.73 Å². The van der Waals surface area contributed by atoms with Gasteiger partial charge in [-0.15, -0.1) is 0 Å². The fourth-order valence-corrected chi connectivity index (χ4v) is 4.96. The molecule has 0 radical (unpaired) electrons. The third kappa shape index (κ3) is 5.53. The van der Waals surface area contributed by atoms with Crippen molar-refractivity contribution in [2.45, 2.75) is 18.1 Å². The molecule has 0 spiro atoms. The second-order valence-electron chi connectivity index (χ2n) is 7.42. The van der Waals surface area contributed by atoms with Gasteiger partial charge in [0, 0.05) is 15.7 Å². The van der Waals surface area contributed by atoms with Crippen molar-refractivity contribution in [1.82, 2.24) is 0 Å². The second kappa shape index (κ2) is 9.14. The van der Waals surface area contributed by atoms with E-state index in [1.807, 2.05) is 22.6 Å². The van der Waals surface area contributed by atoms with E-state index in [0.717, 1.165) is 12.1 Å². The van der Waals surface area contributed by atoms with E-state index in [1.54, 1.807) is 18.2 Å². The molecule has 1 amide bonds. The summed E-state index contributed by atoms with van der Waals surface area (Å²) >= 11 is 1.95. The topological polar surface area (TPSA) is 111 Å². The highest BCUT2D eigenvalue weighted by Crippen LogP contribution is 2.35. The summed E-state index contributed by atoms with van der Waals surface area (Å²) in [5.41, 5.74) is 5.52. The zero-order valence-corrected chi connectivity index (χ0v) is 19.9. The molecule has 0 aromatic heterocycles. The molecule has 0 saturated heterocycles. The lowest BCUT2D eigenvalue weighted by Gasteiger charge is -2.16. The Morgan fingerprint density at radius 1 is 1.06 bits per heavy atom. The molecule has 172 valence electrons. The van der Waals surface area contributed by atoms with E-state index in [1.165, 1.54) is 24.3 Å². The molecule has 4 rings (SSSR count). The van der Waals surface area contributed by atoms with Crippen molar-refractivity contribution in [3.8, 4) is 11.5 Å². The molecule has 1 aliphatic carbocycles. The largest absolute Gasteiger partial charge is 0.456 e. The maximum absolute atomic E-state index is 14.4. The van der Waals surface area contributed by atoms with Crippen LogP contribution in [0.2, 0.25) is 0 Å². The first-order chi connectivity index (χ1) is 15.6. The van der Waals surface area contributed by atoms with E-state index in [9.17, 15) is 22.0 Å². The molecule has 0 heterocycles. The maximum Gasteiger partial charge on any atom is 0.254 e. The van der Waals surface area contributed by atoms with Crippen LogP contribution >= 0.6 is 22.6 Å². The zero-order valence-electron chi connectivity index (χ0n) is 16.9. The predicted molar refractivity (Wildman–Crippen MR) is 129 cm³/mol. The summed E-state index contributed by atoms with van der Waals surface area (Å²) in [7, 11) is -3.49. The van der Waals surface area contributed by atoms with Crippen molar-refractivity contribution in [3.05, 3.63) is 75.4 Å². The number of sulfonamides is 1. The van der Waals surface area contributed by atoms with Crippen LogP contribution in [-0.4, -0.2) is 19.6 Å². The van der Waals surface area contributed by atoms with Crippen molar-refractivity contribution in [2.75, 3.05) is 10.0 Å². The number of hydrogen-bond donors (Lipinski definition) is 3. The number of nitrogens with two attached hydrogens (primary N) is 1. The number of ether oxygens (including phenoxy) is 1. The second-order valence-corrected chi connectivity index (χ2v) is 10.6. The summed E-state index contributed by atoms with van der Waals surface area (Å²) in [4.78, 5) is 12.2. The summed E-state index contributed by atoms with van der Waals surface area (Å²) < 4.78 is 61.9. The molecule has 0 atom stereocenters. The Kier molecular flexibility index (Phi) is 6.43. The molecule has 1 aliphatic rings. The van der Waals surface area contributed by atoms with E-state index in [-0.39, 0.29) is 34.1 Å². The van der Waals surface area contributed by atoms with Gasteiger partial charge >= 0.3 is 0 Å². The van der Waals surface area contributed by atoms with Gasteiger partial charge in [-0.05, 0) is 71.8 Å². The maximum atomic E-state index is 14.4. The Labute approximate surface area is 202 Å². The van der Waals surface area contributed by atoms with E-state index >= 15 is 0 Å². The van der Waals surface area contributed by atoms with Gasteiger partial charge in [-0.25, -0.2) is 17.2 Å². The summed E-state index contributed by atoms with van der Waals surface area (Å²) in [6, 6.07) is 12.3. The lowest BCUT2D eigenvalue weighted by atomic mass is 10.1. The number of hydrogen-bond acceptors (Lipinski definition) is 5. The van der Waals surface area contributed by atoms with Gasteiger partial charge in [0.15, 0.2) is 0 Å². The molecule has 3 aromatic carbocycles. The van der Waals surface area contributed by atoms with Crippen LogP contribution in [0.25, 0.3) is 0 Å². The van der Waals surface area contributed by atoms with E-state index < -0.39 is 32.8 Å². The van der Waals surface area contributed by atoms with Crippen LogP contribution < -0.4 is 20.5 Å². The normalized spacial score (nSPS) is 13.4. The summed E-state index contributed by atoms with van der Waals surface area (Å²) in [6.07, 6.45) is 1.21. The van der Waals surface area contributed by atoms with Gasteiger partial charge in [-0.3, -0.25) is 9.52 Å². The Morgan fingerprint density at radius 3 is 2.48 bits per heavy atom. The summed E-state index contributed by atoms with van der Waals surface area (Å²) in [5.74, 6) is -2.35. The monoisotopic (exact) mass is 585 g/mol. The Balaban J connectivity index is 1.66. The van der Waals surface area contributed by atoms with Crippen LogP contribution in [0.4, 0.5) is 25.8 Å². The van der Waals surface area contributed by atoms with Crippen molar-refractivity contribution < 1.29 is 26.7 Å². The molecule has 0 aliphatic heterocycles. The number of halogens is 3. The number of anilines is 3. The standard InChI is InChI=1S/C22H18F2IN3O4S/c23-12-8-19(27-18-7-4-13(25)10-17(18)24)21(22(26)29)20(9-12)32-15-3-1-2-14(11-15)28-33(30,31)16-5-6-16/h1-4,7-11,16,27-28H,5-6H2,(H2,26,29). The van der Waals surface area contributed by atoms with Gasteiger partial charge in [0.1, 0.15) is 28.7 Å². The number of carbonyl (C=O) groups excluding carboxylic acids is 1. The number of nitrogens with one attached hydrogen (secondary N) is 2. The highest BCUT2D eigenvalue weighted by Gasteiger charge is 2.35. The number of carbonyl (C=O) groups is 1. The van der Waals surface area contributed by atoms with Gasteiger partial charge < -0.3 is 15.8 Å². The van der Waals surface area contributed by atoms with Gasteiger partial charge in [0.05, 0.1) is 22.3 Å². The van der Waals surface area contributed by atoms with Gasteiger partial charge in [0.2, 0.25) is 10.0 Å².